The number of hydrogen-bond acceptors (Lipinski definition) is 2. The Hall–Kier alpha value is -1.55. The lowest BCUT2D eigenvalue weighted by atomic mass is 10.0. The zero-order valence-corrected chi connectivity index (χ0v) is 11.2. The third-order valence-corrected chi connectivity index (χ3v) is 3.18. The summed E-state index contributed by atoms with van der Waals surface area (Å²) in [6.07, 6.45) is 1.99. The first kappa shape index (κ1) is 12.9. The van der Waals surface area contributed by atoms with Crippen LogP contribution in [0.3, 0.4) is 0 Å². The van der Waals surface area contributed by atoms with Gasteiger partial charge in [-0.1, -0.05) is 32.0 Å². The highest BCUT2D eigenvalue weighted by molar-refractivity contribution is 5.93. The highest BCUT2D eigenvalue weighted by Gasteiger charge is 2.38. The van der Waals surface area contributed by atoms with Gasteiger partial charge in [-0.25, -0.2) is 15.2 Å². The van der Waals surface area contributed by atoms with Crippen molar-refractivity contribution in [2.45, 2.75) is 39.3 Å². The molecule has 18 heavy (non-hydrogen) atoms. The minimum Gasteiger partial charge on any atom is -0.317 e. The van der Waals surface area contributed by atoms with Crippen molar-refractivity contribution in [1.82, 2.24) is 10.7 Å². The monoisotopic (exact) mass is 247 g/mol. The maximum Gasteiger partial charge on any atom is 0.338 e. The number of hydrogen-bond donors (Lipinski definition) is 2. The number of rotatable bonds is 4. The molecule has 0 aromatic heterocycles. The summed E-state index contributed by atoms with van der Waals surface area (Å²) < 4.78 is 0. The van der Waals surface area contributed by atoms with Crippen molar-refractivity contribution in [3.05, 3.63) is 30.3 Å². The molecule has 1 fully saturated rings. The molecule has 2 amide bonds. The fourth-order valence-electron chi connectivity index (χ4n) is 2.07. The molecule has 1 atom stereocenters. The molecule has 0 spiro atoms. The zero-order valence-electron chi connectivity index (χ0n) is 11.2. The van der Waals surface area contributed by atoms with Gasteiger partial charge in [0, 0.05) is 0 Å². The van der Waals surface area contributed by atoms with E-state index >= 15 is 0 Å². The van der Waals surface area contributed by atoms with Gasteiger partial charge in [0.25, 0.3) is 0 Å². The number of nitrogens with one attached hydrogen (secondary N) is 2. The molecule has 1 aromatic rings. The molecule has 1 saturated heterocycles. The van der Waals surface area contributed by atoms with E-state index in [-0.39, 0.29) is 11.7 Å². The third kappa shape index (κ3) is 2.82. The third-order valence-electron chi connectivity index (χ3n) is 3.18. The van der Waals surface area contributed by atoms with Gasteiger partial charge < -0.3 is 5.32 Å². The van der Waals surface area contributed by atoms with Gasteiger partial charge in [-0.15, -0.1) is 0 Å². The highest BCUT2D eigenvalue weighted by Crippen LogP contribution is 2.23. The number of nitrogens with zero attached hydrogens (tertiary/aromatic N) is 1. The normalized spacial score (nSPS) is 23.6. The largest absolute Gasteiger partial charge is 0.338 e. The fraction of sp³-hybridized carbons (Fsp3) is 0.500. The Kier molecular flexibility index (Phi) is 3.57. The van der Waals surface area contributed by atoms with Crippen molar-refractivity contribution in [3.63, 3.8) is 0 Å². The lowest BCUT2D eigenvalue weighted by molar-refractivity contribution is 0.245. The predicted molar refractivity (Wildman–Crippen MR) is 73.1 cm³/mol. The molecule has 0 bridgehead atoms. The number of urea groups is 1. The zero-order chi connectivity index (χ0) is 13.2. The van der Waals surface area contributed by atoms with Gasteiger partial charge in [0.2, 0.25) is 0 Å². The Balaban J connectivity index is 2.07. The number of amides is 2. The number of carbonyl (C=O) groups is 1. The molecule has 2 rings (SSSR count). The molecule has 98 valence electrons. The average Bonchev–Trinajstić information content (AvgIpc) is 2.64. The molecule has 1 aromatic carbocycles. The Morgan fingerprint density at radius 2 is 1.94 bits per heavy atom. The minimum absolute atomic E-state index is 0.0903. The maximum atomic E-state index is 12.0. The van der Waals surface area contributed by atoms with E-state index in [9.17, 15) is 4.79 Å². The van der Waals surface area contributed by atoms with Crippen molar-refractivity contribution < 1.29 is 4.79 Å². The summed E-state index contributed by atoms with van der Waals surface area (Å²) in [5.41, 5.74) is 3.78. The van der Waals surface area contributed by atoms with Crippen molar-refractivity contribution in [2.24, 2.45) is 5.92 Å². The van der Waals surface area contributed by atoms with E-state index in [4.69, 9.17) is 0 Å². The van der Waals surface area contributed by atoms with Crippen LogP contribution in [0, 0.1) is 5.92 Å². The molecule has 1 aliphatic heterocycles. The second-order valence-corrected chi connectivity index (χ2v) is 5.48. The Morgan fingerprint density at radius 3 is 2.56 bits per heavy atom. The van der Waals surface area contributed by atoms with Crippen LogP contribution in [0.2, 0.25) is 0 Å². The minimum atomic E-state index is -0.350. The van der Waals surface area contributed by atoms with Gasteiger partial charge in [-0.2, -0.15) is 0 Å². The lowest BCUT2D eigenvalue weighted by Gasteiger charge is -2.25. The van der Waals surface area contributed by atoms with Crippen LogP contribution >= 0.6 is 0 Å². The van der Waals surface area contributed by atoms with Crippen LogP contribution in [0.5, 0.6) is 0 Å². The first-order valence-corrected chi connectivity index (χ1v) is 6.45. The van der Waals surface area contributed by atoms with Crippen LogP contribution in [0.4, 0.5) is 10.5 Å². The summed E-state index contributed by atoms with van der Waals surface area (Å²) in [5, 5.41) is 4.59. The van der Waals surface area contributed by atoms with Gasteiger partial charge in [-0.3, -0.25) is 0 Å². The van der Waals surface area contributed by atoms with Gasteiger partial charge in [0.1, 0.15) is 5.66 Å². The maximum absolute atomic E-state index is 12.0. The van der Waals surface area contributed by atoms with Crippen LogP contribution in [0.25, 0.3) is 0 Å². The van der Waals surface area contributed by atoms with E-state index in [1.807, 2.05) is 37.3 Å². The van der Waals surface area contributed by atoms with E-state index in [2.05, 4.69) is 24.6 Å². The molecule has 1 unspecified atom stereocenters. The number of hydrazine groups is 1. The molecule has 0 radical (unpaired) electrons. The van der Waals surface area contributed by atoms with Crippen molar-refractivity contribution in [1.29, 1.82) is 0 Å². The molecule has 0 aliphatic carbocycles. The number of carbonyl (C=O) groups excluding carboxylic acids is 1. The standard InChI is InChI=1S/C14H21N3O/c1-11(2)9-10-14(3)15-13(18)17(16-14)12-7-5-4-6-8-12/h4-8,11,16H,9-10H2,1-3H3,(H,15,18). The molecule has 1 heterocycles. The fourth-order valence-corrected chi connectivity index (χ4v) is 2.07. The van der Waals surface area contributed by atoms with E-state index in [1.165, 1.54) is 0 Å². The summed E-state index contributed by atoms with van der Waals surface area (Å²) in [6.45, 7) is 6.40. The smallest absolute Gasteiger partial charge is 0.317 e. The highest BCUT2D eigenvalue weighted by atomic mass is 16.2. The molecular weight excluding hydrogens is 226 g/mol. The number of para-hydroxylation sites is 1. The first-order chi connectivity index (χ1) is 8.50. The molecule has 4 nitrogen and oxygen atoms in total. The van der Waals surface area contributed by atoms with Crippen LogP contribution in [-0.2, 0) is 0 Å². The van der Waals surface area contributed by atoms with Gasteiger partial charge in [-0.05, 0) is 37.8 Å². The summed E-state index contributed by atoms with van der Waals surface area (Å²) in [7, 11) is 0. The molecule has 4 heteroatoms. The Bertz CT molecular complexity index is 418. The lowest BCUT2D eigenvalue weighted by Crippen LogP contribution is -2.48. The summed E-state index contributed by atoms with van der Waals surface area (Å²) in [4.78, 5) is 12.0. The van der Waals surface area contributed by atoms with E-state index in [0.717, 1.165) is 18.5 Å². The molecule has 0 saturated carbocycles. The first-order valence-electron chi connectivity index (χ1n) is 6.45. The Morgan fingerprint density at radius 1 is 1.28 bits per heavy atom. The van der Waals surface area contributed by atoms with Crippen LogP contribution < -0.4 is 15.8 Å². The van der Waals surface area contributed by atoms with Crippen LogP contribution in [-0.4, -0.2) is 11.7 Å². The topological polar surface area (TPSA) is 44.4 Å². The van der Waals surface area contributed by atoms with E-state index in [0.29, 0.717) is 5.92 Å². The van der Waals surface area contributed by atoms with Gasteiger partial charge in [0.15, 0.2) is 0 Å². The number of benzene rings is 1. The van der Waals surface area contributed by atoms with Crippen LogP contribution in [0.15, 0.2) is 30.3 Å². The predicted octanol–water partition coefficient (Wildman–Crippen LogP) is 2.87. The second kappa shape index (κ2) is 4.98. The number of anilines is 1. The quantitative estimate of drug-likeness (QED) is 0.859. The van der Waals surface area contributed by atoms with E-state index < -0.39 is 0 Å². The molecule has 2 N–H and O–H groups in total. The van der Waals surface area contributed by atoms with E-state index in [1.54, 1.807) is 5.01 Å². The second-order valence-electron chi connectivity index (χ2n) is 5.48. The van der Waals surface area contributed by atoms with Gasteiger partial charge >= 0.3 is 6.03 Å². The summed E-state index contributed by atoms with van der Waals surface area (Å²) >= 11 is 0. The molecule has 1 aliphatic rings. The summed E-state index contributed by atoms with van der Waals surface area (Å²) in [6, 6.07) is 9.53. The average molecular weight is 247 g/mol. The summed E-state index contributed by atoms with van der Waals surface area (Å²) in [5.74, 6) is 0.631. The Labute approximate surface area is 108 Å². The van der Waals surface area contributed by atoms with Crippen LogP contribution in [0.1, 0.15) is 33.6 Å². The van der Waals surface area contributed by atoms with Crippen molar-refractivity contribution >= 4 is 11.7 Å². The van der Waals surface area contributed by atoms with Crippen molar-refractivity contribution in [3.8, 4) is 0 Å². The van der Waals surface area contributed by atoms with Crippen molar-refractivity contribution in [2.75, 3.05) is 5.01 Å². The van der Waals surface area contributed by atoms with Gasteiger partial charge in [0.05, 0.1) is 5.69 Å². The molecular formula is C14H21N3O. The SMILES string of the molecule is CC(C)CCC1(C)NC(=O)N(c2ccccc2)N1.